The summed E-state index contributed by atoms with van der Waals surface area (Å²) in [7, 11) is 2.82. The minimum absolute atomic E-state index is 0.0933. The fourth-order valence-corrected chi connectivity index (χ4v) is 2.94. The third-order valence-electron chi connectivity index (χ3n) is 1.46. The number of aliphatic hydroxyl groups excluding tert-OH is 1. The second-order valence-corrected chi connectivity index (χ2v) is 6.12. The molecule has 0 aromatic heterocycles. The van der Waals surface area contributed by atoms with Crippen molar-refractivity contribution >= 4 is 27.6 Å². The molecule has 1 unspecified atom stereocenters. The summed E-state index contributed by atoms with van der Waals surface area (Å²) < 4.78 is -0.522. The highest BCUT2D eigenvalue weighted by Crippen LogP contribution is 2.37. The number of carbonyl (C=O) groups is 1. The maximum absolute atomic E-state index is 10.6. The van der Waals surface area contributed by atoms with E-state index in [1.165, 1.54) is 21.6 Å². The average Bonchev–Trinajstić information content (AvgIpc) is 2.03. The Bertz CT molecular complexity index is 175. The molecule has 4 nitrogen and oxygen atoms in total. The zero-order chi connectivity index (χ0) is 10.5. The van der Waals surface area contributed by atoms with Crippen molar-refractivity contribution in [3.05, 3.63) is 0 Å². The molecule has 0 radical (unpaired) electrons. The highest BCUT2D eigenvalue weighted by Gasteiger charge is 2.32. The molecule has 4 N–H and O–H groups in total. The van der Waals surface area contributed by atoms with Gasteiger partial charge in [0, 0.05) is 10.5 Å². The number of aliphatic hydroxyl groups is 1. The smallest absolute Gasteiger partial charge is 0.321 e. The van der Waals surface area contributed by atoms with Crippen molar-refractivity contribution in [3.63, 3.8) is 0 Å². The van der Waals surface area contributed by atoms with E-state index < -0.39 is 16.8 Å². The van der Waals surface area contributed by atoms with Gasteiger partial charge in [0.15, 0.2) is 0 Å². The minimum Gasteiger partial charge on any atom is -0.480 e. The Morgan fingerprint density at radius 1 is 1.62 bits per heavy atom. The van der Waals surface area contributed by atoms with Crippen molar-refractivity contribution < 1.29 is 15.0 Å². The lowest BCUT2D eigenvalue weighted by atomic mass is 10.1. The van der Waals surface area contributed by atoms with Crippen LogP contribution in [0.4, 0.5) is 0 Å². The van der Waals surface area contributed by atoms with Crippen LogP contribution in [0, 0.1) is 0 Å². The number of rotatable bonds is 6. The fraction of sp³-hybridized carbons (Fsp3) is 0.857. The summed E-state index contributed by atoms with van der Waals surface area (Å²) in [6.07, 6.45) is 0. The molecule has 0 heterocycles. The second kappa shape index (κ2) is 5.74. The second-order valence-electron chi connectivity index (χ2n) is 3.05. The highest BCUT2D eigenvalue weighted by atomic mass is 33.1. The van der Waals surface area contributed by atoms with E-state index in [4.69, 9.17) is 15.9 Å². The first-order valence-corrected chi connectivity index (χ1v) is 6.13. The molecule has 0 rings (SSSR count). The molecule has 0 fully saturated rings. The van der Waals surface area contributed by atoms with Crippen LogP contribution in [-0.4, -0.2) is 39.3 Å². The van der Waals surface area contributed by atoms with E-state index in [0.717, 1.165) is 0 Å². The Hall–Kier alpha value is 0.0900. The van der Waals surface area contributed by atoms with Gasteiger partial charge in [0.25, 0.3) is 0 Å². The van der Waals surface area contributed by atoms with Crippen molar-refractivity contribution in [3.8, 4) is 0 Å². The molecule has 0 aliphatic heterocycles. The number of aliphatic carboxylic acids is 1. The van der Waals surface area contributed by atoms with Gasteiger partial charge in [-0.05, 0) is 13.8 Å². The predicted octanol–water partition coefficient (Wildman–Crippen LogP) is 0.551. The SMILES string of the molecule is CC(C)(SSCCO)C(N)C(=O)O. The van der Waals surface area contributed by atoms with Crippen molar-refractivity contribution in [2.24, 2.45) is 5.73 Å². The molecule has 0 aromatic carbocycles. The molecule has 0 aliphatic rings. The van der Waals surface area contributed by atoms with E-state index in [1.807, 2.05) is 0 Å². The molecule has 13 heavy (non-hydrogen) atoms. The molecular weight excluding hydrogens is 210 g/mol. The molecule has 78 valence electrons. The standard InChI is InChI=1S/C7H15NO3S2/c1-7(2,5(8)6(10)11)13-12-4-3-9/h5,9H,3-4,8H2,1-2H3,(H,10,11). The third-order valence-corrected chi connectivity index (χ3v) is 4.76. The van der Waals surface area contributed by atoms with Crippen LogP contribution in [0.5, 0.6) is 0 Å². The van der Waals surface area contributed by atoms with Crippen LogP contribution in [-0.2, 0) is 4.79 Å². The van der Waals surface area contributed by atoms with Crippen LogP contribution in [0.3, 0.4) is 0 Å². The first kappa shape index (κ1) is 13.1. The predicted molar refractivity (Wildman–Crippen MR) is 56.8 cm³/mol. The molecule has 1 atom stereocenters. The maximum atomic E-state index is 10.6. The summed E-state index contributed by atoms with van der Waals surface area (Å²) in [6.45, 7) is 3.65. The van der Waals surface area contributed by atoms with Crippen molar-refractivity contribution in [1.29, 1.82) is 0 Å². The Kier molecular flexibility index (Phi) is 5.78. The van der Waals surface area contributed by atoms with E-state index >= 15 is 0 Å². The summed E-state index contributed by atoms with van der Waals surface area (Å²) in [5.41, 5.74) is 5.48. The maximum Gasteiger partial charge on any atom is 0.321 e. The van der Waals surface area contributed by atoms with Gasteiger partial charge in [-0.1, -0.05) is 21.6 Å². The van der Waals surface area contributed by atoms with Gasteiger partial charge in [-0.25, -0.2) is 0 Å². The summed E-state index contributed by atoms with van der Waals surface area (Å²) in [5, 5.41) is 17.2. The van der Waals surface area contributed by atoms with Gasteiger partial charge in [0.1, 0.15) is 6.04 Å². The van der Waals surface area contributed by atoms with Crippen LogP contribution in [0.2, 0.25) is 0 Å². The molecule has 6 heteroatoms. The van der Waals surface area contributed by atoms with E-state index in [-0.39, 0.29) is 6.61 Å². The Labute approximate surface area is 85.7 Å². The Morgan fingerprint density at radius 3 is 2.54 bits per heavy atom. The van der Waals surface area contributed by atoms with E-state index in [1.54, 1.807) is 13.8 Å². The van der Waals surface area contributed by atoms with Crippen molar-refractivity contribution in [2.75, 3.05) is 12.4 Å². The number of hydrogen-bond acceptors (Lipinski definition) is 5. The summed E-state index contributed by atoms with van der Waals surface area (Å²) in [5.74, 6) is -0.414. The number of hydrogen-bond donors (Lipinski definition) is 3. The highest BCUT2D eigenvalue weighted by molar-refractivity contribution is 8.77. The molecule has 0 aromatic rings. The lowest BCUT2D eigenvalue weighted by Crippen LogP contribution is -2.46. The normalized spacial score (nSPS) is 14.2. The molecule has 0 saturated heterocycles. The van der Waals surface area contributed by atoms with Gasteiger partial charge < -0.3 is 15.9 Å². The quantitative estimate of drug-likeness (QED) is 0.452. The van der Waals surface area contributed by atoms with E-state index in [9.17, 15) is 4.79 Å². The monoisotopic (exact) mass is 225 g/mol. The molecule has 0 spiro atoms. The first-order valence-electron chi connectivity index (χ1n) is 3.81. The van der Waals surface area contributed by atoms with Gasteiger partial charge in [-0.2, -0.15) is 0 Å². The van der Waals surface area contributed by atoms with Gasteiger partial charge in [-0.15, -0.1) is 0 Å². The van der Waals surface area contributed by atoms with Crippen LogP contribution in [0.25, 0.3) is 0 Å². The zero-order valence-corrected chi connectivity index (χ0v) is 9.32. The molecule has 0 aliphatic carbocycles. The molecular formula is C7H15NO3S2. The van der Waals surface area contributed by atoms with Crippen molar-refractivity contribution in [1.82, 2.24) is 0 Å². The van der Waals surface area contributed by atoms with Gasteiger partial charge in [-0.3, -0.25) is 4.79 Å². The minimum atomic E-state index is -0.998. The topological polar surface area (TPSA) is 83.5 Å². The largest absolute Gasteiger partial charge is 0.480 e. The summed E-state index contributed by atoms with van der Waals surface area (Å²) >= 11 is 0. The van der Waals surface area contributed by atoms with Crippen LogP contribution < -0.4 is 5.73 Å². The lowest BCUT2D eigenvalue weighted by molar-refractivity contribution is -0.139. The average molecular weight is 225 g/mol. The van der Waals surface area contributed by atoms with Gasteiger partial charge >= 0.3 is 5.97 Å². The Morgan fingerprint density at radius 2 is 2.15 bits per heavy atom. The number of carboxylic acids is 1. The summed E-state index contributed by atoms with van der Waals surface area (Å²) in [6, 6.07) is -0.885. The first-order chi connectivity index (χ1) is 5.91. The Balaban J connectivity index is 3.98. The van der Waals surface area contributed by atoms with Crippen LogP contribution >= 0.6 is 21.6 Å². The van der Waals surface area contributed by atoms with Crippen LogP contribution in [0.1, 0.15) is 13.8 Å². The van der Waals surface area contributed by atoms with Gasteiger partial charge in [0.05, 0.1) is 6.61 Å². The third kappa shape index (κ3) is 4.75. The van der Waals surface area contributed by atoms with Crippen LogP contribution in [0.15, 0.2) is 0 Å². The number of nitrogens with two attached hydrogens (primary N) is 1. The van der Waals surface area contributed by atoms with E-state index in [0.29, 0.717) is 5.75 Å². The van der Waals surface area contributed by atoms with E-state index in [2.05, 4.69) is 0 Å². The van der Waals surface area contributed by atoms with Crippen molar-refractivity contribution in [2.45, 2.75) is 24.6 Å². The molecule has 0 bridgehead atoms. The number of carboxylic acid groups (broad SMARTS) is 1. The van der Waals surface area contributed by atoms with Gasteiger partial charge in [0.2, 0.25) is 0 Å². The lowest BCUT2D eigenvalue weighted by Gasteiger charge is -2.26. The molecule has 0 amide bonds. The fourth-order valence-electron chi connectivity index (χ4n) is 0.580. The zero-order valence-electron chi connectivity index (χ0n) is 7.69. The molecule has 0 saturated carbocycles. The summed E-state index contributed by atoms with van der Waals surface area (Å²) in [4.78, 5) is 10.6.